The third kappa shape index (κ3) is 5.56. The molecule has 1 aliphatic rings. The predicted molar refractivity (Wildman–Crippen MR) is 93.8 cm³/mol. The molecule has 0 radical (unpaired) electrons. The van der Waals surface area contributed by atoms with Crippen LogP contribution >= 0.6 is 0 Å². The number of nitrogens with one attached hydrogen (secondary N) is 1. The summed E-state index contributed by atoms with van der Waals surface area (Å²) in [5.41, 5.74) is 0.536. The highest BCUT2D eigenvalue weighted by atomic mass is 19.1. The lowest BCUT2D eigenvalue weighted by molar-refractivity contribution is -0.143. The molecule has 1 heterocycles. The van der Waals surface area contributed by atoms with Gasteiger partial charge >= 0.3 is 6.03 Å². The molecule has 0 aliphatic carbocycles. The van der Waals surface area contributed by atoms with Crippen LogP contribution in [0.3, 0.4) is 0 Å². The van der Waals surface area contributed by atoms with E-state index >= 15 is 0 Å². The van der Waals surface area contributed by atoms with Crippen molar-refractivity contribution in [1.29, 1.82) is 0 Å². The van der Waals surface area contributed by atoms with E-state index in [1.807, 2.05) is 0 Å². The summed E-state index contributed by atoms with van der Waals surface area (Å²) in [6.45, 7) is 7.63. The Bertz CT molecular complexity index is 598. The zero-order valence-corrected chi connectivity index (χ0v) is 14.4. The molecule has 0 unspecified atom stereocenters. The van der Waals surface area contributed by atoms with E-state index in [4.69, 9.17) is 4.74 Å². The number of hydrogen-bond donors (Lipinski definition) is 1. The molecule has 0 spiro atoms. The Labute approximate surface area is 147 Å². The fourth-order valence-corrected chi connectivity index (χ4v) is 2.52. The Morgan fingerprint density at radius 3 is 2.44 bits per heavy atom. The SMILES string of the molecule is C=CCCO[C@H](C)C(=O)N1CCN(C(=O)Nc2ccc(F)cc2)CC1. The van der Waals surface area contributed by atoms with Gasteiger partial charge in [0.2, 0.25) is 0 Å². The lowest BCUT2D eigenvalue weighted by Gasteiger charge is -2.35. The van der Waals surface area contributed by atoms with Crippen LogP contribution in [-0.4, -0.2) is 60.6 Å². The number of urea groups is 1. The van der Waals surface area contributed by atoms with Gasteiger partial charge in [-0.1, -0.05) is 6.08 Å². The van der Waals surface area contributed by atoms with Gasteiger partial charge in [0.1, 0.15) is 11.9 Å². The van der Waals surface area contributed by atoms with Crippen LogP contribution in [0.5, 0.6) is 0 Å². The maximum absolute atomic E-state index is 12.9. The molecule has 25 heavy (non-hydrogen) atoms. The second kappa shape index (κ2) is 9.17. The first-order valence-corrected chi connectivity index (χ1v) is 8.34. The zero-order chi connectivity index (χ0) is 18.2. The van der Waals surface area contributed by atoms with Crippen LogP contribution in [-0.2, 0) is 9.53 Å². The van der Waals surface area contributed by atoms with Gasteiger partial charge in [-0.3, -0.25) is 4.79 Å². The van der Waals surface area contributed by atoms with Gasteiger partial charge in [0, 0.05) is 31.9 Å². The van der Waals surface area contributed by atoms with Crippen molar-refractivity contribution in [2.45, 2.75) is 19.4 Å². The molecule has 136 valence electrons. The van der Waals surface area contributed by atoms with Crippen molar-refractivity contribution in [3.8, 4) is 0 Å². The summed E-state index contributed by atoms with van der Waals surface area (Å²) in [5.74, 6) is -0.419. The van der Waals surface area contributed by atoms with E-state index in [0.29, 0.717) is 44.9 Å². The molecule has 3 amide bonds. The molecular formula is C18H24FN3O3. The van der Waals surface area contributed by atoms with E-state index in [9.17, 15) is 14.0 Å². The van der Waals surface area contributed by atoms with Crippen molar-refractivity contribution in [1.82, 2.24) is 9.80 Å². The summed E-state index contributed by atoms with van der Waals surface area (Å²) in [7, 11) is 0. The molecule has 2 rings (SSSR count). The topological polar surface area (TPSA) is 61.9 Å². The van der Waals surface area contributed by atoms with Crippen molar-refractivity contribution >= 4 is 17.6 Å². The fourth-order valence-electron chi connectivity index (χ4n) is 2.52. The van der Waals surface area contributed by atoms with E-state index in [-0.39, 0.29) is 17.8 Å². The second-order valence-electron chi connectivity index (χ2n) is 5.84. The Balaban J connectivity index is 1.78. The first-order valence-electron chi connectivity index (χ1n) is 8.34. The standard InChI is InChI=1S/C18H24FN3O3/c1-3-4-13-25-14(2)17(23)21-9-11-22(12-10-21)18(24)20-16-7-5-15(19)6-8-16/h3,5-8,14H,1,4,9-13H2,2H3,(H,20,24)/t14-/m1/s1. The van der Waals surface area contributed by atoms with E-state index in [1.165, 1.54) is 24.3 Å². The zero-order valence-electron chi connectivity index (χ0n) is 14.4. The van der Waals surface area contributed by atoms with Crippen LogP contribution in [0.25, 0.3) is 0 Å². The van der Waals surface area contributed by atoms with Crippen LogP contribution in [0.2, 0.25) is 0 Å². The van der Waals surface area contributed by atoms with E-state index in [1.54, 1.807) is 22.8 Å². The van der Waals surface area contributed by atoms with Gasteiger partial charge in [-0.05, 0) is 37.6 Å². The highest BCUT2D eigenvalue weighted by Crippen LogP contribution is 2.11. The van der Waals surface area contributed by atoms with Gasteiger partial charge in [0.05, 0.1) is 6.61 Å². The number of ether oxygens (including phenoxy) is 1. The average Bonchev–Trinajstić information content (AvgIpc) is 2.63. The Kier molecular flexibility index (Phi) is 6.94. The number of carbonyl (C=O) groups excluding carboxylic acids is 2. The summed E-state index contributed by atoms with van der Waals surface area (Å²) in [6, 6.07) is 5.35. The molecule has 6 nitrogen and oxygen atoms in total. The van der Waals surface area contributed by atoms with Gasteiger partial charge < -0.3 is 19.9 Å². The van der Waals surface area contributed by atoms with Crippen LogP contribution < -0.4 is 5.32 Å². The van der Waals surface area contributed by atoms with Crippen LogP contribution in [0.15, 0.2) is 36.9 Å². The molecule has 1 aromatic carbocycles. The molecular weight excluding hydrogens is 325 g/mol. The predicted octanol–water partition coefficient (Wildman–Crippen LogP) is 2.48. The number of nitrogens with zero attached hydrogens (tertiary/aromatic N) is 2. The number of rotatable bonds is 6. The van der Waals surface area contributed by atoms with Gasteiger partial charge in [0.15, 0.2) is 0 Å². The van der Waals surface area contributed by atoms with Crippen molar-refractivity contribution in [2.75, 3.05) is 38.1 Å². The quantitative estimate of drug-likeness (QED) is 0.634. The van der Waals surface area contributed by atoms with Gasteiger partial charge in [-0.15, -0.1) is 6.58 Å². The maximum Gasteiger partial charge on any atom is 0.321 e. The third-order valence-corrected chi connectivity index (χ3v) is 4.01. The van der Waals surface area contributed by atoms with Gasteiger partial charge in [0.25, 0.3) is 5.91 Å². The Morgan fingerprint density at radius 1 is 1.24 bits per heavy atom. The Hall–Kier alpha value is -2.41. The van der Waals surface area contributed by atoms with Gasteiger partial charge in [-0.25, -0.2) is 9.18 Å². The summed E-state index contributed by atoms with van der Waals surface area (Å²) in [4.78, 5) is 27.9. The number of anilines is 1. The lowest BCUT2D eigenvalue weighted by Crippen LogP contribution is -2.53. The highest BCUT2D eigenvalue weighted by Gasteiger charge is 2.27. The van der Waals surface area contributed by atoms with Crippen LogP contribution in [0.4, 0.5) is 14.9 Å². The molecule has 1 fully saturated rings. The molecule has 1 aliphatic heterocycles. The number of carbonyl (C=O) groups is 2. The average molecular weight is 349 g/mol. The number of piperazine rings is 1. The van der Waals surface area contributed by atoms with Crippen molar-refractivity contribution in [2.24, 2.45) is 0 Å². The number of hydrogen-bond acceptors (Lipinski definition) is 3. The summed E-state index contributed by atoms with van der Waals surface area (Å²) < 4.78 is 18.4. The van der Waals surface area contributed by atoms with Crippen LogP contribution in [0, 0.1) is 5.82 Å². The molecule has 1 saturated heterocycles. The van der Waals surface area contributed by atoms with E-state index in [0.717, 1.165) is 0 Å². The molecule has 0 aromatic heterocycles. The molecule has 0 saturated carbocycles. The normalized spacial score (nSPS) is 15.6. The van der Waals surface area contributed by atoms with E-state index in [2.05, 4.69) is 11.9 Å². The molecule has 1 aromatic rings. The first-order chi connectivity index (χ1) is 12.0. The summed E-state index contributed by atoms with van der Waals surface area (Å²) >= 11 is 0. The molecule has 1 N–H and O–H groups in total. The summed E-state index contributed by atoms with van der Waals surface area (Å²) in [5, 5.41) is 2.72. The molecule has 1 atom stereocenters. The third-order valence-electron chi connectivity index (χ3n) is 4.01. The first kappa shape index (κ1) is 18.9. The largest absolute Gasteiger partial charge is 0.368 e. The monoisotopic (exact) mass is 349 g/mol. The molecule has 7 heteroatoms. The summed E-state index contributed by atoms with van der Waals surface area (Å²) in [6.07, 6.45) is 1.95. The minimum Gasteiger partial charge on any atom is -0.368 e. The maximum atomic E-state index is 12.9. The Morgan fingerprint density at radius 2 is 1.84 bits per heavy atom. The van der Waals surface area contributed by atoms with E-state index < -0.39 is 6.10 Å². The van der Waals surface area contributed by atoms with Crippen molar-refractivity contribution in [3.63, 3.8) is 0 Å². The highest BCUT2D eigenvalue weighted by molar-refractivity contribution is 5.89. The fraction of sp³-hybridized carbons (Fsp3) is 0.444. The minimum atomic E-state index is -0.500. The number of amides is 3. The second-order valence-corrected chi connectivity index (χ2v) is 5.84. The smallest absolute Gasteiger partial charge is 0.321 e. The molecule has 0 bridgehead atoms. The minimum absolute atomic E-state index is 0.0670. The van der Waals surface area contributed by atoms with Crippen molar-refractivity contribution < 1.29 is 18.7 Å². The van der Waals surface area contributed by atoms with Crippen LogP contribution in [0.1, 0.15) is 13.3 Å². The lowest BCUT2D eigenvalue weighted by atomic mass is 10.2. The number of halogens is 1. The van der Waals surface area contributed by atoms with Gasteiger partial charge in [-0.2, -0.15) is 0 Å². The van der Waals surface area contributed by atoms with Crippen molar-refractivity contribution in [3.05, 3.63) is 42.7 Å². The number of benzene rings is 1.